The van der Waals surface area contributed by atoms with Gasteiger partial charge in [0.05, 0.1) is 4.90 Å². The molecule has 0 radical (unpaired) electrons. The van der Waals surface area contributed by atoms with Gasteiger partial charge in [-0.05, 0) is 42.8 Å². The van der Waals surface area contributed by atoms with Crippen molar-refractivity contribution in [2.45, 2.75) is 17.9 Å². The molecule has 1 aliphatic rings. The molecule has 146 valence electrons. The zero-order valence-electron chi connectivity index (χ0n) is 15.5. The first-order valence-electron chi connectivity index (χ1n) is 9.34. The molecule has 3 aromatic rings. The van der Waals surface area contributed by atoms with Crippen LogP contribution in [0.25, 0.3) is 10.8 Å². The molecule has 1 fully saturated rings. The molecule has 0 atom stereocenters. The molecular weight excluding hydrogens is 377 g/mol. The standard InChI is InChI=1S/C21H22FN3O2S/c22-19-6-1-4-17(14-19)16-24-10-3-11-25(13-12-24)28(26,27)21-7-2-5-18-15-23-9-8-20(18)21/h1-2,4-9,14-15H,3,10-13,16H2. The lowest BCUT2D eigenvalue weighted by Crippen LogP contribution is -2.35. The van der Waals surface area contributed by atoms with Crippen LogP contribution in [-0.2, 0) is 16.6 Å². The van der Waals surface area contributed by atoms with Crippen molar-refractivity contribution in [2.24, 2.45) is 0 Å². The van der Waals surface area contributed by atoms with Crippen molar-refractivity contribution >= 4 is 20.8 Å². The summed E-state index contributed by atoms with van der Waals surface area (Å²) in [5, 5.41) is 1.50. The topological polar surface area (TPSA) is 53.5 Å². The summed E-state index contributed by atoms with van der Waals surface area (Å²) >= 11 is 0. The van der Waals surface area contributed by atoms with Gasteiger partial charge in [0.2, 0.25) is 10.0 Å². The number of hydrogen-bond acceptors (Lipinski definition) is 4. The number of sulfonamides is 1. The lowest BCUT2D eigenvalue weighted by molar-refractivity contribution is 0.278. The largest absolute Gasteiger partial charge is 0.298 e. The van der Waals surface area contributed by atoms with Crippen molar-refractivity contribution in [3.05, 3.63) is 72.3 Å². The number of benzene rings is 2. The van der Waals surface area contributed by atoms with E-state index in [1.165, 1.54) is 12.1 Å². The maximum atomic E-state index is 13.4. The van der Waals surface area contributed by atoms with E-state index in [1.807, 2.05) is 12.1 Å². The second-order valence-electron chi connectivity index (χ2n) is 7.02. The molecule has 0 bridgehead atoms. The molecule has 1 aromatic heterocycles. The quantitative estimate of drug-likeness (QED) is 0.676. The fourth-order valence-corrected chi connectivity index (χ4v) is 5.38. The van der Waals surface area contributed by atoms with E-state index >= 15 is 0 Å². The van der Waals surface area contributed by atoms with Crippen LogP contribution in [0, 0.1) is 5.82 Å². The van der Waals surface area contributed by atoms with Gasteiger partial charge in [0.1, 0.15) is 5.82 Å². The lowest BCUT2D eigenvalue weighted by Gasteiger charge is -2.22. The van der Waals surface area contributed by atoms with E-state index in [0.29, 0.717) is 36.5 Å². The second kappa shape index (κ2) is 7.95. The van der Waals surface area contributed by atoms with Crippen LogP contribution in [0.5, 0.6) is 0 Å². The SMILES string of the molecule is O=S(=O)(c1cccc2cnccc12)N1CCCN(Cc2cccc(F)c2)CC1. The Kier molecular flexibility index (Phi) is 5.39. The Morgan fingerprint density at radius 2 is 1.86 bits per heavy atom. The molecule has 0 amide bonds. The molecule has 2 heterocycles. The molecule has 0 aliphatic carbocycles. The Balaban J connectivity index is 1.53. The van der Waals surface area contributed by atoms with Crippen molar-refractivity contribution < 1.29 is 12.8 Å². The molecule has 7 heteroatoms. The van der Waals surface area contributed by atoms with Gasteiger partial charge in [0.25, 0.3) is 0 Å². The highest BCUT2D eigenvalue weighted by Gasteiger charge is 2.28. The molecule has 2 aromatic carbocycles. The molecule has 1 saturated heterocycles. The van der Waals surface area contributed by atoms with Gasteiger partial charge in [0, 0.05) is 49.3 Å². The van der Waals surface area contributed by atoms with Crippen molar-refractivity contribution in [3.63, 3.8) is 0 Å². The van der Waals surface area contributed by atoms with Crippen molar-refractivity contribution in [2.75, 3.05) is 26.2 Å². The monoisotopic (exact) mass is 399 g/mol. The third-order valence-electron chi connectivity index (χ3n) is 5.10. The van der Waals surface area contributed by atoms with E-state index in [4.69, 9.17) is 0 Å². The zero-order valence-corrected chi connectivity index (χ0v) is 16.3. The van der Waals surface area contributed by atoms with Crippen LogP contribution in [0.2, 0.25) is 0 Å². The number of hydrogen-bond donors (Lipinski definition) is 0. The summed E-state index contributed by atoms with van der Waals surface area (Å²) in [5.74, 6) is -0.248. The number of nitrogens with zero attached hydrogens (tertiary/aromatic N) is 3. The fraction of sp³-hybridized carbons (Fsp3) is 0.286. The minimum Gasteiger partial charge on any atom is -0.298 e. The first-order valence-corrected chi connectivity index (χ1v) is 10.8. The number of halogens is 1. The maximum absolute atomic E-state index is 13.4. The Morgan fingerprint density at radius 3 is 2.71 bits per heavy atom. The maximum Gasteiger partial charge on any atom is 0.243 e. The van der Waals surface area contributed by atoms with Gasteiger partial charge >= 0.3 is 0 Å². The molecule has 5 nitrogen and oxygen atoms in total. The van der Waals surface area contributed by atoms with Gasteiger partial charge in [-0.1, -0.05) is 24.3 Å². The van der Waals surface area contributed by atoms with Crippen LogP contribution < -0.4 is 0 Å². The van der Waals surface area contributed by atoms with E-state index in [0.717, 1.165) is 23.9 Å². The highest BCUT2D eigenvalue weighted by molar-refractivity contribution is 7.89. The lowest BCUT2D eigenvalue weighted by atomic mass is 10.2. The molecule has 0 saturated carbocycles. The zero-order chi connectivity index (χ0) is 19.6. The van der Waals surface area contributed by atoms with E-state index in [9.17, 15) is 12.8 Å². The smallest absolute Gasteiger partial charge is 0.243 e. The molecule has 0 spiro atoms. The number of fused-ring (bicyclic) bond motifs is 1. The van der Waals surface area contributed by atoms with Gasteiger partial charge in [-0.15, -0.1) is 0 Å². The van der Waals surface area contributed by atoms with E-state index in [1.54, 1.807) is 41.0 Å². The van der Waals surface area contributed by atoms with E-state index in [-0.39, 0.29) is 5.82 Å². The highest BCUT2D eigenvalue weighted by atomic mass is 32.2. The van der Waals surface area contributed by atoms with Crippen molar-refractivity contribution in [3.8, 4) is 0 Å². The predicted octanol–water partition coefficient (Wildman–Crippen LogP) is 3.27. The summed E-state index contributed by atoms with van der Waals surface area (Å²) in [4.78, 5) is 6.58. The average molecular weight is 399 g/mol. The Morgan fingerprint density at radius 1 is 1.00 bits per heavy atom. The summed E-state index contributed by atoms with van der Waals surface area (Å²) in [7, 11) is -3.60. The fourth-order valence-electron chi connectivity index (χ4n) is 3.70. The van der Waals surface area contributed by atoms with Crippen LogP contribution >= 0.6 is 0 Å². The van der Waals surface area contributed by atoms with Gasteiger partial charge in [0.15, 0.2) is 0 Å². The second-order valence-corrected chi connectivity index (χ2v) is 8.92. The number of pyridine rings is 1. The Labute approximate surface area is 164 Å². The summed E-state index contributed by atoms with van der Waals surface area (Å²) < 4.78 is 41.6. The molecular formula is C21H22FN3O2S. The third-order valence-corrected chi connectivity index (χ3v) is 7.06. The number of aromatic nitrogens is 1. The van der Waals surface area contributed by atoms with Crippen molar-refractivity contribution in [1.29, 1.82) is 0 Å². The third kappa shape index (κ3) is 3.92. The minimum absolute atomic E-state index is 0.248. The van der Waals surface area contributed by atoms with Gasteiger partial charge < -0.3 is 0 Å². The van der Waals surface area contributed by atoms with Crippen LogP contribution in [0.4, 0.5) is 4.39 Å². The van der Waals surface area contributed by atoms with Crippen molar-refractivity contribution in [1.82, 2.24) is 14.2 Å². The molecule has 0 N–H and O–H groups in total. The molecule has 4 rings (SSSR count). The molecule has 0 unspecified atom stereocenters. The van der Waals surface area contributed by atoms with E-state index < -0.39 is 10.0 Å². The Bertz CT molecular complexity index is 1080. The summed E-state index contributed by atoms with van der Waals surface area (Å²) in [6, 6.07) is 13.6. The van der Waals surface area contributed by atoms with E-state index in [2.05, 4.69) is 9.88 Å². The number of rotatable bonds is 4. The van der Waals surface area contributed by atoms with Gasteiger partial charge in [-0.25, -0.2) is 12.8 Å². The van der Waals surface area contributed by atoms with Crippen LogP contribution in [0.3, 0.4) is 0 Å². The van der Waals surface area contributed by atoms with Gasteiger partial charge in [-0.2, -0.15) is 4.31 Å². The minimum atomic E-state index is -3.60. The first-order chi connectivity index (χ1) is 13.5. The first kappa shape index (κ1) is 19.0. The summed E-state index contributed by atoms with van der Waals surface area (Å²) in [6.45, 7) is 2.90. The van der Waals surface area contributed by atoms with Crippen LogP contribution in [-0.4, -0.2) is 48.8 Å². The van der Waals surface area contributed by atoms with Crippen LogP contribution in [0.15, 0.2) is 65.8 Å². The Hall–Kier alpha value is -2.35. The predicted molar refractivity (Wildman–Crippen MR) is 107 cm³/mol. The average Bonchev–Trinajstić information content (AvgIpc) is 2.94. The molecule has 28 heavy (non-hydrogen) atoms. The normalized spacial score (nSPS) is 16.9. The molecule has 1 aliphatic heterocycles. The summed E-state index contributed by atoms with van der Waals surface area (Å²) in [5.41, 5.74) is 0.901. The van der Waals surface area contributed by atoms with Crippen LogP contribution in [0.1, 0.15) is 12.0 Å². The highest BCUT2D eigenvalue weighted by Crippen LogP contribution is 2.26. The van der Waals surface area contributed by atoms with Gasteiger partial charge in [-0.3, -0.25) is 9.88 Å². The summed E-state index contributed by atoms with van der Waals surface area (Å²) in [6.07, 6.45) is 4.03.